The van der Waals surface area contributed by atoms with E-state index in [0.717, 1.165) is 102 Å². The summed E-state index contributed by atoms with van der Waals surface area (Å²) >= 11 is 0. The molecule has 0 unspecified atom stereocenters. The molecule has 258 valence electrons. The Morgan fingerprint density at radius 3 is 0.591 bits per heavy atom. The number of halogens is 2. The van der Waals surface area contributed by atoms with Crippen molar-refractivity contribution in [2.75, 3.05) is 52.4 Å². The van der Waals surface area contributed by atoms with Crippen molar-refractivity contribution in [1.82, 2.24) is 0 Å². The average Bonchev–Trinajstić information content (AvgIpc) is 2.86. The summed E-state index contributed by atoms with van der Waals surface area (Å²) in [6.07, 6.45) is 3.78. The first kappa shape index (κ1) is 62.0. The normalized spacial score (nSPS) is 9.09. The van der Waals surface area contributed by atoms with Gasteiger partial charge in [-0.1, -0.05) is 24.3 Å². The van der Waals surface area contributed by atoms with Crippen molar-refractivity contribution in [3.05, 3.63) is 35.4 Å². The summed E-state index contributed by atoms with van der Waals surface area (Å²) < 4.78 is 67.9. The minimum Gasteiger partial charge on any atom is -0.545 e. The van der Waals surface area contributed by atoms with E-state index < -0.39 is 32.4 Å². The number of rotatable bonds is 10. The second kappa shape index (κ2) is 46.6. The molecule has 1 aromatic carbocycles. The molecule has 0 aliphatic heterocycles. The third-order valence-corrected chi connectivity index (χ3v) is 2.99. The van der Waals surface area contributed by atoms with Crippen molar-refractivity contribution in [2.24, 2.45) is 45.9 Å². The monoisotopic (exact) mass is 770 g/mol. The second-order valence-corrected chi connectivity index (χ2v) is 8.14. The van der Waals surface area contributed by atoms with Crippen LogP contribution in [0.1, 0.15) is 46.4 Å². The van der Waals surface area contributed by atoms with Gasteiger partial charge in [0, 0.05) is 0 Å². The molecule has 20 nitrogen and oxygen atoms in total. The van der Waals surface area contributed by atoms with Gasteiger partial charge in [-0.15, -0.1) is 20.5 Å². The van der Waals surface area contributed by atoms with Gasteiger partial charge in [-0.3, -0.25) is 0 Å². The molecule has 24 heteroatoms. The summed E-state index contributed by atoms with van der Waals surface area (Å²) in [5, 5.41) is 20.4. The van der Waals surface area contributed by atoms with E-state index in [9.17, 15) is 19.8 Å². The van der Waals surface area contributed by atoms with Gasteiger partial charge in [0.05, 0.1) is 11.9 Å². The minimum atomic E-state index is -4.94. The molecule has 0 aliphatic carbocycles. The first-order chi connectivity index (χ1) is 19.3. The smallest absolute Gasteiger partial charge is 0.545 e. The van der Waals surface area contributed by atoms with Gasteiger partial charge in [0.2, 0.25) is 0 Å². The van der Waals surface area contributed by atoms with Gasteiger partial charge in [0.1, 0.15) is 0 Å². The first-order valence-electron chi connectivity index (χ1n) is 11.6. The Hall–Kier alpha value is -0.861. The molecule has 0 atom stereocenters. The van der Waals surface area contributed by atoms with Crippen LogP contribution in [-0.4, -0.2) is 64.3 Å². The molecule has 0 heterocycles. The largest absolute Gasteiger partial charge is 6.00 e. The molecule has 0 bridgehead atoms. The fourth-order valence-corrected chi connectivity index (χ4v) is 1.21. The van der Waals surface area contributed by atoms with Crippen LogP contribution in [0.3, 0.4) is 0 Å². The molecule has 44 heavy (non-hydrogen) atoms. The number of hydrogen-bond acceptors (Lipinski definition) is 20. The van der Waals surface area contributed by atoms with E-state index in [1.165, 1.54) is 0 Å². The molecule has 1 rings (SSSR count). The van der Waals surface area contributed by atoms with Crippen molar-refractivity contribution in [3.63, 3.8) is 0 Å². The molecule has 0 spiro atoms. The molecule has 0 amide bonds. The topological polar surface area (TPSA) is 473 Å². The predicted octanol–water partition coefficient (Wildman–Crippen LogP) is -13.9. The molecular formula is C20H44Cl2Fe2N8O12+8. The summed E-state index contributed by atoms with van der Waals surface area (Å²) in [7, 11) is -9.89. The van der Waals surface area contributed by atoms with Gasteiger partial charge in [0.25, 0.3) is 0 Å². The van der Waals surface area contributed by atoms with Crippen LogP contribution in [-0.2, 0) is 34.1 Å². The zero-order valence-electron chi connectivity index (χ0n) is 23.8. The predicted molar refractivity (Wildman–Crippen MR) is 126 cm³/mol. The van der Waals surface area contributed by atoms with Crippen LogP contribution in [0.5, 0.6) is 0 Å². The van der Waals surface area contributed by atoms with Gasteiger partial charge in [-0.05, 0) is 89.2 Å². The number of aromatic carboxylic acids is 2. The summed E-state index contributed by atoms with van der Waals surface area (Å²) in [5.41, 5.74) is 40.4. The Labute approximate surface area is 282 Å². The standard InChI is InChI=1S/C8H6O4.4C3H10N2.2ClHO4.2Fe/c9-7(10)5-1-2-6(4-3-5)8(11)12;4*4-2-1-3-5;2*2-1(3,4)5;;/h1-4H,(H,9,10)(H,11,12);4*1-5H2;2*(H,2,3,4,5);;/q;;;;;;;2*+6/p-4. The maximum absolute atomic E-state index is 10.2. The number of carboxylic acids is 2. The van der Waals surface area contributed by atoms with E-state index in [4.69, 9.17) is 83.1 Å². The van der Waals surface area contributed by atoms with Crippen molar-refractivity contribution in [3.8, 4) is 0 Å². The van der Waals surface area contributed by atoms with Gasteiger partial charge < -0.3 is 65.7 Å². The Balaban J connectivity index is -0.0000000594. The zero-order chi connectivity index (χ0) is 34.6. The van der Waals surface area contributed by atoms with E-state index >= 15 is 0 Å². The Morgan fingerprint density at radius 1 is 0.432 bits per heavy atom. The summed E-state index contributed by atoms with van der Waals surface area (Å²) in [5.74, 6) is -2.67. The molecule has 0 saturated carbocycles. The summed E-state index contributed by atoms with van der Waals surface area (Å²) in [6, 6.07) is 4.61. The third-order valence-electron chi connectivity index (χ3n) is 2.99. The first-order valence-corrected chi connectivity index (χ1v) is 14.1. The van der Waals surface area contributed by atoms with E-state index in [0.29, 0.717) is 0 Å². The fourth-order valence-electron chi connectivity index (χ4n) is 1.21. The van der Waals surface area contributed by atoms with Crippen molar-refractivity contribution < 1.29 is 112 Å². The zero-order valence-corrected chi connectivity index (χ0v) is 27.5. The third kappa shape index (κ3) is 105. The number of carbonyl (C=O) groups excluding carboxylic acids is 2. The van der Waals surface area contributed by atoms with Crippen LogP contribution in [0.15, 0.2) is 24.3 Å². The van der Waals surface area contributed by atoms with Crippen LogP contribution in [0.2, 0.25) is 0 Å². The molecule has 1 aromatic rings. The number of benzene rings is 1. The van der Waals surface area contributed by atoms with Gasteiger partial charge in [-0.25, -0.2) is 37.3 Å². The van der Waals surface area contributed by atoms with Crippen molar-refractivity contribution in [1.29, 1.82) is 0 Å². The Kier molecular flexibility index (Phi) is 65.6. The number of nitrogens with two attached hydrogens (primary N) is 8. The van der Waals surface area contributed by atoms with Crippen LogP contribution >= 0.6 is 0 Å². The van der Waals surface area contributed by atoms with E-state index in [1.807, 2.05) is 0 Å². The van der Waals surface area contributed by atoms with Crippen molar-refractivity contribution in [2.45, 2.75) is 25.7 Å². The second-order valence-electron chi connectivity index (χ2n) is 6.63. The van der Waals surface area contributed by atoms with Crippen LogP contribution < -0.4 is 93.4 Å². The summed E-state index contributed by atoms with van der Waals surface area (Å²) in [6.45, 7) is 5.75. The van der Waals surface area contributed by atoms with Crippen LogP contribution in [0, 0.1) is 20.5 Å². The Bertz CT molecular complexity index is 609. The van der Waals surface area contributed by atoms with E-state index in [2.05, 4.69) is 0 Å². The molecule has 0 fully saturated rings. The van der Waals surface area contributed by atoms with E-state index in [-0.39, 0.29) is 45.3 Å². The van der Waals surface area contributed by atoms with Gasteiger partial charge in [-0.2, -0.15) is 0 Å². The van der Waals surface area contributed by atoms with Gasteiger partial charge >= 0.3 is 34.1 Å². The van der Waals surface area contributed by atoms with Gasteiger partial charge in [0.15, 0.2) is 0 Å². The average molecular weight is 771 g/mol. The fraction of sp³-hybridized carbons (Fsp3) is 0.600. The molecule has 0 radical (unpaired) electrons. The minimum absolute atomic E-state index is 0. The molecular weight excluding hydrogens is 727 g/mol. The maximum atomic E-state index is 10.2. The summed E-state index contributed by atoms with van der Waals surface area (Å²) in [4.78, 5) is 20.4. The molecule has 16 N–H and O–H groups in total. The van der Waals surface area contributed by atoms with E-state index in [1.54, 1.807) is 0 Å². The molecule has 0 aromatic heterocycles. The molecule has 0 saturated heterocycles. The van der Waals surface area contributed by atoms with Crippen LogP contribution in [0.4, 0.5) is 0 Å². The number of carboxylic acid groups (broad SMARTS) is 2. The number of hydrogen-bond donors (Lipinski definition) is 8. The Morgan fingerprint density at radius 2 is 0.545 bits per heavy atom. The quantitative estimate of drug-likeness (QED) is 0.102. The van der Waals surface area contributed by atoms with Crippen molar-refractivity contribution >= 4 is 11.9 Å². The number of carbonyl (C=O) groups is 2. The van der Waals surface area contributed by atoms with Crippen LogP contribution in [0.25, 0.3) is 0 Å². The maximum Gasteiger partial charge on any atom is 6.00 e. The SMILES string of the molecule is NCCCN.NCCCN.NCCCN.NCCCN.O=C([O-])c1ccc(C(=O)[O-])cc1.[Fe+6].[Fe+6].[O-][Cl+3]([O-])([O-])[O-].[O-][Cl+3]([O-])([O-])[O-]. The molecule has 0 aliphatic rings.